The summed E-state index contributed by atoms with van der Waals surface area (Å²) in [5.41, 5.74) is 5.85. The van der Waals surface area contributed by atoms with E-state index in [0.717, 1.165) is 52.5 Å². The van der Waals surface area contributed by atoms with Gasteiger partial charge in [0.25, 0.3) is 0 Å². The topological polar surface area (TPSA) is 70.3 Å². The number of pyridine rings is 2. The van der Waals surface area contributed by atoms with Crippen molar-refractivity contribution in [3.05, 3.63) is 59.6 Å². The molecule has 0 bridgehead atoms. The monoisotopic (exact) mass is 420 g/mol. The number of carbonyl (C=O) groups is 1. The second kappa shape index (κ2) is 8.43. The molecule has 0 aromatic carbocycles. The largest absolute Gasteiger partial charge is 0.478 e. The van der Waals surface area contributed by atoms with Gasteiger partial charge in [-0.05, 0) is 49.2 Å². The van der Waals surface area contributed by atoms with Crippen LogP contribution in [0.1, 0.15) is 28.5 Å². The number of hydrogen-bond acceptors (Lipinski definition) is 5. The van der Waals surface area contributed by atoms with Crippen LogP contribution in [0.25, 0.3) is 22.3 Å². The molecule has 1 fully saturated rings. The molecule has 0 atom stereocenters. The molecule has 4 heterocycles. The van der Waals surface area contributed by atoms with Crippen molar-refractivity contribution in [3.63, 3.8) is 0 Å². The maximum Gasteiger partial charge on any atom is 0.336 e. The van der Waals surface area contributed by atoms with E-state index in [1.54, 1.807) is 12.3 Å². The van der Waals surface area contributed by atoms with Gasteiger partial charge in [-0.1, -0.05) is 6.08 Å². The Labute approximate surface area is 182 Å². The van der Waals surface area contributed by atoms with Crippen molar-refractivity contribution >= 4 is 23.0 Å². The Hall–Kier alpha value is -3.32. The van der Waals surface area contributed by atoms with Crippen LogP contribution in [0.2, 0.25) is 0 Å². The van der Waals surface area contributed by atoms with Gasteiger partial charge in [0, 0.05) is 45.1 Å². The summed E-state index contributed by atoms with van der Waals surface area (Å²) in [6.07, 6.45) is 5.87. The molecule has 31 heavy (non-hydrogen) atoms. The Morgan fingerprint density at radius 2 is 1.97 bits per heavy atom. The average Bonchev–Trinajstić information content (AvgIpc) is 3.19. The van der Waals surface area contributed by atoms with E-state index >= 15 is 0 Å². The first kappa shape index (κ1) is 20.9. The van der Waals surface area contributed by atoms with Gasteiger partial charge in [-0.25, -0.2) is 9.78 Å². The highest BCUT2D eigenvalue weighted by molar-refractivity contribution is 5.95. The van der Waals surface area contributed by atoms with Crippen molar-refractivity contribution in [2.24, 2.45) is 0 Å². The average molecular weight is 421 g/mol. The standard InChI is InChI=1S/C24H28N4O3/c1-5-20(27-10-12-31-13-11-27)23-16(2)19(24(29)30)15-21-18(7-9-28(21)23)17-6-8-25-22(14-17)26(3)4/h5-9,14-15H,10-13H2,1-4H3,(H,29,30). The molecule has 3 aromatic rings. The number of aromatic carboxylic acids is 1. The Morgan fingerprint density at radius 1 is 1.23 bits per heavy atom. The highest BCUT2D eigenvalue weighted by Gasteiger charge is 2.23. The van der Waals surface area contributed by atoms with Crippen LogP contribution in [0.4, 0.5) is 5.82 Å². The Morgan fingerprint density at radius 3 is 2.61 bits per heavy atom. The van der Waals surface area contributed by atoms with Crippen molar-refractivity contribution in [2.45, 2.75) is 13.8 Å². The molecule has 3 aromatic heterocycles. The van der Waals surface area contributed by atoms with E-state index in [-0.39, 0.29) is 0 Å². The third kappa shape index (κ3) is 3.77. The Balaban J connectivity index is 1.96. The number of rotatable bonds is 5. The third-order valence-corrected chi connectivity index (χ3v) is 5.82. The second-order valence-electron chi connectivity index (χ2n) is 7.89. The molecule has 1 saturated heterocycles. The van der Waals surface area contributed by atoms with E-state index in [0.29, 0.717) is 18.8 Å². The van der Waals surface area contributed by atoms with Crippen LogP contribution in [0, 0.1) is 6.92 Å². The maximum atomic E-state index is 12.1. The summed E-state index contributed by atoms with van der Waals surface area (Å²) >= 11 is 0. The van der Waals surface area contributed by atoms with E-state index < -0.39 is 5.97 Å². The molecule has 4 rings (SSSR count). The number of anilines is 1. The molecule has 7 heteroatoms. The van der Waals surface area contributed by atoms with Crippen LogP contribution in [-0.2, 0) is 4.74 Å². The lowest BCUT2D eigenvalue weighted by atomic mass is 10.0. The fraction of sp³-hybridized carbons (Fsp3) is 0.333. The van der Waals surface area contributed by atoms with Gasteiger partial charge in [-0.15, -0.1) is 0 Å². The number of aromatic nitrogens is 2. The minimum absolute atomic E-state index is 0.317. The normalized spacial score (nSPS) is 14.8. The van der Waals surface area contributed by atoms with Crippen molar-refractivity contribution in [2.75, 3.05) is 45.3 Å². The molecule has 0 amide bonds. The number of carboxylic acids is 1. The molecule has 1 N–H and O–H groups in total. The minimum Gasteiger partial charge on any atom is -0.478 e. The minimum atomic E-state index is -0.922. The molecule has 0 radical (unpaired) electrons. The molecule has 1 aliphatic heterocycles. The molecular weight excluding hydrogens is 392 g/mol. The molecule has 0 unspecified atom stereocenters. The molecule has 0 spiro atoms. The SMILES string of the molecule is CC=C(c1c(C)c(C(=O)O)cc2c(-c3ccnc(N(C)C)c3)ccn12)N1CCOCC1. The summed E-state index contributed by atoms with van der Waals surface area (Å²) in [5, 5.41) is 9.95. The first-order chi connectivity index (χ1) is 14.9. The molecular formula is C24H28N4O3. The van der Waals surface area contributed by atoms with Gasteiger partial charge in [0.15, 0.2) is 0 Å². The van der Waals surface area contributed by atoms with Gasteiger partial charge in [-0.2, -0.15) is 0 Å². The predicted molar refractivity (Wildman–Crippen MR) is 123 cm³/mol. The van der Waals surface area contributed by atoms with Crippen molar-refractivity contribution in [3.8, 4) is 11.1 Å². The fourth-order valence-corrected chi connectivity index (χ4v) is 4.23. The van der Waals surface area contributed by atoms with Crippen LogP contribution in [-0.4, -0.2) is 65.8 Å². The summed E-state index contributed by atoms with van der Waals surface area (Å²) < 4.78 is 7.63. The number of hydrogen-bond donors (Lipinski definition) is 1. The quantitative estimate of drug-likeness (QED) is 0.678. The van der Waals surface area contributed by atoms with Gasteiger partial charge < -0.3 is 24.0 Å². The predicted octanol–water partition coefficient (Wildman–Crippen LogP) is 3.77. The first-order valence-corrected chi connectivity index (χ1v) is 10.4. The summed E-state index contributed by atoms with van der Waals surface area (Å²) in [4.78, 5) is 20.8. The number of fused-ring (bicyclic) bond motifs is 1. The Kier molecular flexibility index (Phi) is 5.69. The number of nitrogens with zero attached hydrogens (tertiary/aromatic N) is 4. The van der Waals surface area contributed by atoms with Crippen molar-refractivity contribution < 1.29 is 14.6 Å². The van der Waals surface area contributed by atoms with E-state index in [2.05, 4.69) is 20.4 Å². The molecule has 162 valence electrons. The summed E-state index contributed by atoms with van der Waals surface area (Å²) in [5.74, 6) is -0.0698. The van der Waals surface area contributed by atoms with Crippen molar-refractivity contribution in [1.29, 1.82) is 0 Å². The van der Waals surface area contributed by atoms with Crippen LogP contribution < -0.4 is 4.90 Å². The second-order valence-corrected chi connectivity index (χ2v) is 7.89. The van der Waals surface area contributed by atoms with E-state index in [4.69, 9.17) is 4.74 Å². The Bertz CT molecular complexity index is 1160. The lowest BCUT2D eigenvalue weighted by Crippen LogP contribution is -2.35. The fourth-order valence-electron chi connectivity index (χ4n) is 4.23. The molecule has 7 nitrogen and oxygen atoms in total. The zero-order valence-corrected chi connectivity index (χ0v) is 18.4. The highest BCUT2D eigenvalue weighted by Crippen LogP contribution is 2.34. The summed E-state index contributed by atoms with van der Waals surface area (Å²) in [6.45, 7) is 6.78. The third-order valence-electron chi connectivity index (χ3n) is 5.82. The van der Waals surface area contributed by atoms with Gasteiger partial charge >= 0.3 is 5.97 Å². The molecule has 0 aliphatic carbocycles. The number of morpholine rings is 1. The number of allylic oxidation sites excluding steroid dienone is 1. The number of carboxylic acid groups (broad SMARTS) is 1. The van der Waals surface area contributed by atoms with Crippen LogP contribution in [0.15, 0.2) is 42.7 Å². The zero-order valence-electron chi connectivity index (χ0n) is 18.4. The number of ether oxygens (including phenoxy) is 1. The van der Waals surface area contributed by atoms with E-state index in [1.165, 1.54) is 0 Å². The maximum absolute atomic E-state index is 12.1. The van der Waals surface area contributed by atoms with Crippen LogP contribution in [0.3, 0.4) is 0 Å². The van der Waals surface area contributed by atoms with E-state index in [9.17, 15) is 9.90 Å². The summed E-state index contributed by atoms with van der Waals surface area (Å²) in [6, 6.07) is 7.80. The lowest BCUT2D eigenvalue weighted by molar-refractivity contribution is 0.0636. The zero-order chi connectivity index (χ0) is 22.1. The van der Waals surface area contributed by atoms with Crippen LogP contribution >= 0.6 is 0 Å². The first-order valence-electron chi connectivity index (χ1n) is 10.4. The van der Waals surface area contributed by atoms with Gasteiger partial charge in [0.05, 0.1) is 35.7 Å². The highest BCUT2D eigenvalue weighted by atomic mass is 16.5. The van der Waals surface area contributed by atoms with E-state index in [1.807, 2.05) is 57.2 Å². The molecule has 1 aliphatic rings. The van der Waals surface area contributed by atoms with Crippen molar-refractivity contribution in [1.82, 2.24) is 14.3 Å². The van der Waals surface area contributed by atoms with Gasteiger partial charge in [0.2, 0.25) is 0 Å². The smallest absolute Gasteiger partial charge is 0.336 e. The van der Waals surface area contributed by atoms with Gasteiger partial charge in [0.1, 0.15) is 5.82 Å². The van der Waals surface area contributed by atoms with Gasteiger partial charge in [-0.3, -0.25) is 0 Å². The van der Waals surface area contributed by atoms with Crippen LogP contribution in [0.5, 0.6) is 0 Å². The summed E-state index contributed by atoms with van der Waals surface area (Å²) in [7, 11) is 3.91. The molecule has 0 saturated carbocycles. The lowest BCUT2D eigenvalue weighted by Gasteiger charge is -2.32.